The van der Waals surface area contributed by atoms with Crippen LogP contribution in [0.3, 0.4) is 0 Å². The van der Waals surface area contributed by atoms with E-state index in [1.165, 1.54) is 23.9 Å². The SMILES string of the molecule is CCOc1c(F)c(-c2cccc(OC)c2)nn1CCOc1cccc(C(F)(F)F)c1Cl. The largest absolute Gasteiger partial charge is 0.497 e. The molecule has 166 valence electrons. The Labute approximate surface area is 181 Å². The lowest BCUT2D eigenvalue weighted by molar-refractivity contribution is -0.137. The zero-order valence-electron chi connectivity index (χ0n) is 16.7. The fraction of sp³-hybridized carbons (Fsp3) is 0.286. The summed E-state index contributed by atoms with van der Waals surface area (Å²) >= 11 is 5.83. The van der Waals surface area contributed by atoms with Crippen LogP contribution in [0.2, 0.25) is 5.02 Å². The van der Waals surface area contributed by atoms with E-state index in [-0.39, 0.29) is 37.1 Å². The third-order valence-electron chi connectivity index (χ3n) is 4.30. The second-order valence-corrected chi connectivity index (χ2v) is 6.70. The van der Waals surface area contributed by atoms with Crippen LogP contribution in [0.15, 0.2) is 42.5 Å². The Balaban J connectivity index is 1.82. The van der Waals surface area contributed by atoms with Crippen LogP contribution >= 0.6 is 11.6 Å². The van der Waals surface area contributed by atoms with Gasteiger partial charge in [-0.05, 0) is 31.2 Å². The first-order chi connectivity index (χ1) is 14.8. The zero-order valence-corrected chi connectivity index (χ0v) is 17.4. The van der Waals surface area contributed by atoms with Crippen LogP contribution in [0.25, 0.3) is 11.3 Å². The summed E-state index contributed by atoms with van der Waals surface area (Å²) in [6, 6.07) is 10.1. The molecule has 0 spiro atoms. The lowest BCUT2D eigenvalue weighted by Gasteiger charge is -2.14. The molecule has 0 fully saturated rings. The van der Waals surface area contributed by atoms with Crippen molar-refractivity contribution in [2.75, 3.05) is 20.3 Å². The third-order valence-corrected chi connectivity index (χ3v) is 4.69. The van der Waals surface area contributed by atoms with Crippen LogP contribution in [0.1, 0.15) is 12.5 Å². The molecule has 3 aromatic rings. The number of rotatable bonds is 8. The Kier molecular flexibility index (Phi) is 6.94. The molecule has 3 rings (SSSR count). The summed E-state index contributed by atoms with van der Waals surface area (Å²) in [4.78, 5) is 0. The van der Waals surface area contributed by atoms with Crippen molar-refractivity contribution in [3.05, 3.63) is 58.9 Å². The van der Waals surface area contributed by atoms with E-state index < -0.39 is 22.6 Å². The molecule has 0 unspecified atom stereocenters. The molecule has 1 aromatic heterocycles. The van der Waals surface area contributed by atoms with Crippen molar-refractivity contribution in [3.63, 3.8) is 0 Å². The van der Waals surface area contributed by atoms with Gasteiger partial charge in [-0.2, -0.15) is 22.7 Å². The van der Waals surface area contributed by atoms with Gasteiger partial charge in [0.15, 0.2) is 0 Å². The normalized spacial score (nSPS) is 11.5. The van der Waals surface area contributed by atoms with Gasteiger partial charge in [-0.3, -0.25) is 0 Å². The Morgan fingerprint density at radius 1 is 1.10 bits per heavy atom. The number of benzene rings is 2. The van der Waals surface area contributed by atoms with E-state index in [0.717, 1.165) is 6.07 Å². The van der Waals surface area contributed by atoms with Crippen LogP contribution in [0.5, 0.6) is 17.4 Å². The highest BCUT2D eigenvalue weighted by Gasteiger charge is 2.34. The number of ether oxygens (including phenoxy) is 3. The van der Waals surface area contributed by atoms with Crippen molar-refractivity contribution < 1.29 is 31.8 Å². The molecule has 0 saturated heterocycles. The summed E-state index contributed by atoms with van der Waals surface area (Å²) in [6.45, 7) is 1.80. The minimum atomic E-state index is -4.60. The van der Waals surface area contributed by atoms with Gasteiger partial charge < -0.3 is 14.2 Å². The first-order valence-corrected chi connectivity index (χ1v) is 9.66. The second-order valence-electron chi connectivity index (χ2n) is 6.32. The van der Waals surface area contributed by atoms with Crippen molar-refractivity contribution in [1.29, 1.82) is 0 Å². The molecule has 0 N–H and O–H groups in total. The number of nitrogens with zero attached hydrogens (tertiary/aromatic N) is 2. The van der Waals surface area contributed by atoms with Gasteiger partial charge in [-0.15, -0.1) is 0 Å². The molecule has 0 amide bonds. The maximum Gasteiger partial charge on any atom is 0.417 e. The Bertz CT molecular complexity index is 1050. The molecule has 5 nitrogen and oxygen atoms in total. The van der Waals surface area contributed by atoms with Gasteiger partial charge in [0.05, 0.1) is 30.8 Å². The maximum absolute atomic E-state index is 15.0. The lowest BCUT2D eigenvalue weighted by Crippen LogP contribution is -2.13. The van der Waals surface area contributed by atoms with E-state index in [1.807, 2.05) is 0 Å². The first kappa shape index (κ1) is 22.7. The topological polar surface area (TPSA) is 45.5 Å². The number of halogens is 5. The summed E-state index contributed by atoms with van der Waals surface area (Å²) < 4.78 is 71.2. The molecule has 1 heterocycles. The molecule has 0 aliphatic rings. The van der Waals surface area contributed by atoms with Crippen molar-refractivity contribution in [3.8, 4) is 28.6 Å². The molecular formula is C21H19ClF4N2O3. The highest BCUT2D eigenvalue weighted by atomic mass is 35.5. The molecule has 10 heteroatoms. The molecular weight excluding hydrogens is 440 g/mol. The smallest absolute Gasteiger partial charge is 0.417 e. The number of methoxy groups -OCH3 is 1. The molecule has 2 aromatic carbocycles. The van der Waals surface area contributed by atoms with E-state index in [4.69, 9.17) is 25.8 Å². The molecule has 0 radical (unpaired) electrons. The molecule has 0 aliphatic heterocycles. The molecule has 0 bridgehead atoms. The van der Waals surface area contributed by atoms with Crippen molar-refractivity contribution in [1.82, 2.24) is 9.78 Å². The standard InChI is InChI=1S/C21H19ClF4N2O3/c1-3-30-20-18(23)19(13-6-4-7-14(12-13)29-2)27-28(20)10-11-31-16-9-5-8-15(17(16)22)21(24,25)26/h4-9,12H,3,10-11H2,1-2H3. The molecule has 0 saturated carbocycles. The first-order valence-electron chi connectivity index (χ1n) is 9.28. The van der Waals surface area contributed by atoms with Crippen molar-refractivity contribution in [2.45, 2.75) is 19.6 Å². The number of aromatic nitrogens is 2. The minimum absolute atomic E-state index is 0.0167. The van der Waals surface area contributed by atoms with Gasteiger partial charge in [0, 0.05) is 5.56 Å². The van der Waals surface area contributed by atoms with Crippen LogP contribution in [-0.2, 0) is 12.7 Å². The predicted molar refractivity (Wildman–Crippen MR) is 107 cm³/mol. The van der Waals surface area contributed by atoms with Crippen LogP contribution in [-0.4, -0.2) is 30.1 Å². The van der Waals surface area contributed by atoms with Crippen LogP contribution < -0.4 is 14.2 Å². The highest BCUT2D eigenvalue weighted by molar-refractivity contribution is 6.32. The fourth-order valence-corrected chi connectivity index (χ4v) is 3.18. The van der Waals surface area contributed by atoms with Gasteiger partial charge >= 0.3 is 6.18 Å². The minimum Gasteiger partial charge on any atom is -0.497 e. The molecule has 31 heavy (non-hydrogen) atoms. The Morgan fingerprint density at radius 2 is 1.84 bits per heavy atom. The number of alkyl halides is 3. The average molecular weight is 459 g/mol. The van der Waals surface area contributed by atoms with Gasteiger partial charge in [-0.1, -0.05) is 29.8 Å². The lowest BCUT2D eigenvalue weighted by atomic mass is 10.1. The zero-order chi connectivity index (χ0) is 22.6. The van der Waals surface area contributed by atoms with E-state index in [9.17, 15) is 17.6 Å². The van der Waals surface area contributed by atoms with Crippen LogP contribution in [0.4, 0.5) is 17.6 Å². The average Bonchev–Trinajstić information content (AvgIpc) is 3.04. The second kappa shape index (κ2) is 9.47. The summed E-state index contributed by atoms with van der Waals surface area (Å²) in [5.74, 6) is -0.353. The van der Waals surface area contributed by atoms with Crippen LogP contribution in [0, 0.1) is 5.82 Å². The van der Waals surface area contributed by atoms with Gasteiger partial charge in [-0.25, -0.2) is 4.68 Å². The van der Waals surface area contributed by atoms with E-state index in [1.54, 1.807) is 31.2 Å². The monoisotopic (exact) mass is 458 g/mol. The van der Waals surface area contributed by atoms with E-state index in [0.29, 0.717) is 11.3 Å². The summed E-state index contributed by atoms with van der Waals surface area (Å²) in [6.07, 6.45) is -4.60. The molecule has 0 atom stereocenters. The van der Waals surface area contributed by atoms with Crippen molar-refractivity contribution in [2.24, 2.45) is 0 Å². The number of hydrogen-bond acceptors (Lipinski definition) is 4. The summed E-state index contributed by atoms with van der Waals surface area (Å²) in [5, 5.41) is 3.71. The highest BCUT2D eigenvalue weighted by Crippen LogP contribution is 2.39. The van der Waals surface area contributed by atoms with E-state index in [2.05, 4.69) is 5.10 Å². The summed E-state index contributed by atoms with van der Waals surface area (Å²) in [5.41, 5.74) is -0.454. The fourth-order valence-electron chi connectivity index (χ4n) is 2.89. The van der Waals surface area contributed by atoms with E-state index >= 15 is 0 Å². The maximum atomic E-state index is 15.0. The Morgan fingerprint density at radius 3 is 2.52 bits per heavy atom. The number of hydrogen-bond donors (Lipinski definition) is 0. The Hall–Kier alpha value is -2.94. The van der Waals surface area contributed by atoms with Gasteiger partial charge in [0.2, 0.25) is 11.7 Å². The molecule has 0 aliphatic carbocycles. The third kappa shape index (κ3) is 5.04. The van der Waals surface area contributed by atoms with Gasteiger partial charge in [0.1, 0.15) is 23.8 Å². The van der Waals surface area contributed by atoms with Crippen molar-refractivity contribution >= 4 is 11.6 Å². The quantitative estimate of drug-likeness (QED) is 0.397. The summed E-state index contributed by atoms with van der Waals surface area (Å²) in [7, 11) is 1.50. The predicted octanol–water partition coefficient (Wildman–Crippen LogP) is 5.85. The van der Waals surface area contributed by atoms with Gasteiger partial charge in [0.25, 0.3) is 0 Å².